The van der Waals surface area contributed by atoms with Gasteiger partial charge in [-0.25, -0.2) is 13.1 Å². The minimum atomic E-state index is -3.10. The van der Waals surface area contributed by atoms with Gasteiger partial charge in [0.25, 0.3) is 0 Å². The van der Waals surface area contributed by atoms with Gasteiger partial charge in [-0.3, -0.25) is 4.79 Å². The average molecular weight is 438 g/mol. The molecular formula is C23H23N3O4S. The van der Waals surface area contributed by atoms with Crippen LogP contribution in [0.15, 0.2) is 66.7 Å². The normalized spacial score (nSPS) is 17.6. The Balaban J connectivity index is 1.62. The van der Waals surface area contributed by atoms with Crippen LogP contribution < -0.4 is 10.1 Å². The first kappa shape index (κ1) is 20.9. The smallest absolute Gasteiger partial charge is 0.249 e. The first-order valence-corrected chi connectivity index (χ1v) is 11.7. The second kappa shape index (κ2) is 8.77. The van der Waals surface area contributed by atoms with Crippen molar-refractivity contribution in [2.24, 2.45) is 0 Å². The number of nitrogens with zero attached hydrogens (tertiary/aromatic N) is 2. The molecule has 2 aromatic carbocycles. The monoisotopic (exact) mass is 437 g/mol. The Hall–Kier alpha value is -3.39. The highest BCUT2D eigenvalue weighted by atomic mass is 32.2. The van der Waals surface area contributed by atoms with Crippen molar-refractivity contribution in [3.63, 3.8) is 0 Å². The number of carbonyl (C=O) groups excluding carboxylic acids is 1. The van der Waals surface area contributed by atoms with E-state index >= 15 is 0 Å². The molecule has 0 radical (unpaired) electrons. The van der Waals surface area contributed by atoms with Crippen LogP contribution in [0, 0.1) is 0 Å². The second-order valence-electron chi connectivity index (χ2n) is 7.38. The summed E-state index contributed by atoms with van der Waals surface area (Å²) >= 11 is 0. The molecule has 1 unspecified atom stereocenters. The van der Waals surface area contributed by atoms with Crippen molar-refractivity contribution in [3.05, 3.63) is 72.3 Å². The number of carbonyl (C=O) groups is 1. The number of methoxy groups -OCH3 is 1. The zero-order valence-electron chi connectivity index (χ0n) is 17.1. The largest absolute Gasteiger partial charge is 0.497 e. The summed E-state index contributed by atoms with van der Waals surface area (Å²) in [6.45, 7) is 0. The van der Waals surface area contributed by atoms with Crippen molar-refractivity contribution in [3.8, 4) is 17.0 Å². The molecular weight excluding hydrogens is 414 g/mol. The van der Waals surface area contributed by atoms with Gasteiger partial charge < -0.3 is 10.1 Å². The van der Waals surface area contributed by atoms with Gasteiger partial charge in [0.1, 0.15) is 11.6 Å². The van der Waals surface area contributed by atoms with Crippen molar-refractivity contribution in [2.45, 2.75) is 12.5 Å². The number of benzene rings is 2. The number of ether oxygens (including phenoxy) is 1. The van der Waals surface area contributed by atoms with Gasteiger partial charge in [0.05, 0.1) is 30.4 Å². The fourth-order valence-electron chi connectivity index (χ4n) is 3.54. The van der Waals surface area contributed by atoms with Crippen LogP contribution in [0.4, 0.5) is 5.82 Å². The molecule has 1 aromatic heterocycles. The van der Waals surface area contributed by atoms with Gasteiger partial charge in [-0.05, 0) is 42.3 Å². The summed E-state index contributed by atoms with van der Waals surface area (Å²) in [6.07, 6.45) is 3.64. The van der Waals surface area contributed by atoms with Gasteiger partial charge in [-0.1, -0.05) is 30.3 Å². The van der Waals surface area contributed by atoms with Crippen LogP contribution >= 0.6 is 0 Å². The lowest BCUT2D eigenvalue weighted by Crippen LogP contribution is -2.18. The Morgan fingerprint density at radius 1 is 1.16 bits per heavy atom. The van der Waals surface area contributed by atoms with Crippen LogP contribution in [0.3, 0.4) is 0 Å². The minimum absolute atomic E-state index is 0.0134. The fourth-order valence-corrected chi connectivity index (χ4v) is 5.23. The molecule has 0 spiro atoms. The molecule has 1 fully saturated rings. The highest BCUT2D eigenvalue weighted by Crippen LogP contribution is 2.31. The Kier molecular flexibility index (Phi) is 5.90. The summed E-state index contributed by atoms with van der Waals surface area (Å²) in [5.41, 5.74) is 2.40. The van der Waals surface area contributed by atoms with E-state index < -0.39 is 9.84 Å². The molecule has 31 heavy (non-hydrogen) atoms. The standard InChI is InChI=1S/C23H23N3O4S/c1-30-20-10-8-18(9-11-20)21-15-22(26(25-21)19-13-14-31(28,29)16-19)24-23(27)12-7-17-5-3-2-4-6-17/h2-12,15,19H,13-14,16H2,1H3,(H,24,27). The Morgan fingerprint density at radius 3 is 2.55 bits per heavy atom. The maximum atomic E-state index is 12.5. The van der Waals surface area contributed by atoms with Crippen molar-refractivity contribution >= 4 is 27.6 Å². The molecule has 0 saturated carbocycles. The highest BCUT2D eigenvalue weighted by molar-refractivity contribution is 7.91. The van der Waals surface area contributed by atoms with Gasteiger partial charge in [0, 0.05) is 17.7 Å². The molecule has 8 heteroatoms. The lowest BCUT2D eigenvalue weighted by atomic mass is 10.1. The fraction of sp³-hybridized carbons (Fsp3) is 0.217. The third-order valence-corrected chi connectivity index (χ3v) is 6.90. The van der Waals surface area contributed by atoms with Crippen molar-refractivity contribution in [2.75, 3.05) is 23.9 Å². The van der Waals surface area contributed by atoms with Crippen LogP contribution in [-0.4, -0.2) is 42.7 Å². The van der Waals surface area contributed by atoms with E-state index in [2.05, 4.69) is 10.4 Å². The number of hydrogen-bond acceptors (Lipinski definition) is 5. The first-order valence-electron chi connectivity index (χ1n) is 9.92. The van der Waals surface area contributed by atoms with Crippen LogP contribution in [0.2, 0.25) is 0 Å². The van der Waals surface area contributed by atoms with Gasteiger partial charge in [0.15, 0.2) is 9.84 Å². The molecule has 3 aromatic rings. The summed E-state index contributed by atoms with van der Waals surface area (Å²) < 4.78 is 30.8. The predicted molar refractivity (Wildman–Crippen MR) is 121 cm³/mol. The Bertz CT molecular complexity index is 1200. The zero-order valence-corrected chi connectivity index (χ0v) is 17.9. The van der Waals surface area contributed by atoms with Gasteiger partial charge in [0.2, 0.25) is 5.91 Å². The maximum Gasteiger partial charge on any atom is 0.249 e. The van der Waals surface area contributed by atoms with E-state index in [1.165, 1.54) is 6.08 Å². The molecule has 0 bridgehead atoms. The number of anilines is 1. The van der Waals surface area contributed by atoms with Crippen LogP contribution in [0.25, 0.3) is 17.3 Å². The molecule has 1 amide bonds. The van der Waals surface area contributed by atoms with Crippen molar-refractivity contribution in [1.29, 1.82) is 0 Å². The van der Waals surface area contributed by atoms with E-state index in [1.54, 1.807) is 23.9 Å². The van der Waals surface area contributed by atoms with Crippen molar-refractivity contribution < 1.29 is 17.9 Å². The number of rotatable bonds is 6. The van der Waals surface area contributed by atoms with E-state index in [0.717, 1.165) is 16.9 Å². The molecule has 1 N–H and O–H groups in total. The summed E-state index contributed by atoms with van der Waals surface area (Å²) in [6, 6.07) is 18.4. The molecule has 1 aliphatic heterocycles. The lowest BCUT2D eigenvalue weighted by Gasteiger charge is -2.13. The van der Waals surface area contributed by atoms with Crippen LogP contribution in [0.1, 0.15) is 18.0 Å². The zero-order chi connectivity index (χ0) is 21.8. The first-order chi connectivity index (χ1) is 14.9. The molecule has 0 aliphatic carbocycles. The summed E-state index contributed by atoms with van der Waals surface area (Å²) in [5, 5.41) is 7.48. The van der Waals surface area contributed by atoms with E-state index in [9.17, 15) is 13.2 Å². The molecule has 160 valence electrons. The SMILES string of the molecule is COc1ccc(-c2cc(NC(=O)C=Cc3ccccc3)n(C3CCS(=O)(=O)C3)n2)cc1. The minimum Gasteiger partial charge on any atom is -0.497 e. The number of amides is 1. The lowest BCUT2D eigenvalue weighted by molar-refractivity contribution is -0.111. The van der Waals surface area contributed by atoms with Gasteiger partial charge in [-0.2, -0.15) is 5.10 Å². The van der Waals surface area contributed by atoms with Crippen LogP contribution in [-0.2, 0) is 14.6 Å². The highest BCUT2D eigenvalue weighted by Gasteiger charge is 2.31. The Morgan fingerprint density at radius 2 is 1.90 bits per heavy atom. The third kappa shape index (κ3) is 5.03. The molecule has 2 heterocycles. The van der Waals surface area contributed by atoms with Gasteiger partial charge in [-0.15, -0.1) is 0 Å². The number of hydrogen-bond donors (Lipinski definition) is 1. The van der Waals surface area contributed by atoms with E-state index in [1.807, 2.05) is 54.6 Å². The summed E-state index contributed by atoms with van der Waals surface area (Å²) in [7, 11) is -1.51. The number of nitrogens with one attached hydrogen (secondary N) is 1. The number of aromatic nitrogens is 2. The summed E-state index contributed by atoms with van der Waals surface area (Å²) in [4.78, 5) is 12.5. The molecule has 1 atom stereocenters. The quantitative estimate of drug-likeness (QED) is 0.596. The molecule has 4 rings (SSSR count). The van der Waals surface area contributed by atoms with E-state index in [4.69, 9.17) is 4.74 Å². The van der Waals surface area contributed by atoms with Crippen molar-refractivity contribution in [1.82, 2.24) is 9.78 Å². The molecule has 7 nitrogen and oxygen atoms in total. The predicted octanol–water partition coefficient (Wildman–Crippen LogP) is 3.57. The third-order valence-electron chi connectivity index (χ3n) is 5.15. The van der Waals surface area contributed by atoms with E-state index in [-0.39, 0.29) is 23.5 Å². The molecule has 1 saturated heterocycles. The summed E-state index contributed by atoms with van der Waals surface area (Å²) in [5.74, 6) is 1.02. The topological polar surface area (TPSA) is 90.3 Å². The Labute approximate surface area is 181 Å². The second-order valence-corrected chi connectivity index (χ2v) is 9.61. The average Bonchev–Trinajstić information content (AvgIpc) is 3.35. The van der Waals surface area contributed by atoms with Gasteiger partial charge >= 0.3 is 0 Å². The van der Waals surface area contributed by atoms with E-state index in [0.29, 0.717) is 17.9 Å². The number of sulfone groups is 1. The maximum absolute atomic E-state index is 12.5. The molecule has 1 aliphatic rings. The van der Waals surface area contributed by atoms with Crippen LogP contribution in [0.5, 0.6) is 5.75 Å².